The fourth-order valence-electron chi connectivity index (χ4n) is 2.17. The van der Waals surface area contributed by atoms with Gasteiger partial charge in [-0.05, 0) is 37.5 Å². The Balaban J connectivity index is 1.93. The molecule has 0 unspecified atom stereocenters. The fourth-order valence-corrected chi connectivity index (χ4v) is 2.17. The van der Waals surface area contributed by atoms with Crippen molar-refractivity contribution in [1.82, 2.24) is 9.55 Å². The van der Waals surface area contributed by atoms with Gasteiger partial charge in [0.25, 0.3) is 0 Å². The van der Waals surface area contributed by atoms with Gasteiger partial charge in [-0.1, -0.05) is 12.1 Å². The maximum atomic E-state index is 5.19. The number of hydrogen-bond acceptors (Lipinski definition) is 3. The zero-order valence-electron chi connectivity index (χ0n) is 11.4. The minimum atomic E-state index is 0.600. The Morgan fingerprint density at radius 1 is 1.42 bits per heavy atom. The third kappa shape index (κ3) is 2.79. The summed E-state index contributed by atoms with van der Waals surface area (Å²) in [6.45, 7) is 2.65. The van der Waals surface area contributed by atoms with Gasteiger partial charge in [0.2, 0.25) is 5.95 Å². The van der Waals surface area contributed by atoms with Crippen LogP contribution in [-0.2, 0) is 11.3 Å². The van der Waals surface area contributed by atoms with Crippen LogP contribution < -0.4 is 5.32 Å². The van der Waals surface area contributed by atoms with Gasteiger partial charge in [0.1, 0.15) is 0 Å². The molecule has 0 bridgehead atoms. The highest BCUT2D eigenvalue weighted by molar-refractivity contribution is 5.45. The molecule has 1 heterocycles. The zero-order chi connectivity index (χ0) is 13.2. The summed E-state index contributed by atoms with van der Waals surface area (Å²) in [7, 11) is 1.72. The smallest absolute Gasteiger partial charge is 0.207 e. The van der Waals surface area contributed by atoms with E-state index in [1.54, 1.807) is 7.11 Å². The Morgan fingerprint density at radius 2 is 2.26 bits per heavy atom. The van der Waals surface area contributed by atoms with E-state index in [4.69, 9.17) is 4.74 Å². The van der Waals surface area contributed by atoms with Gasteiger partial charge in [0, 0.05) is 25.0 Å². The van der Waals surface area contributed by atoms with Crippen molar-refractivity contribution in [2.45, 2.75) is 32.4 Å². The molecule has 0 radical (unpaired) electrons. The maximum absolute atomic E-state index is 5.19. The molecule has 3 rings (SSSR count). The Hall–Kier alpha value is -1.81. The quantitative estimate of drug-likeness (QED) is 0.895. The highest BCUT2D eigenvalue weighted by Gasteiger charge is 2.23. The molecule has 1 aromatic heterocycles. The minimum absolute atomic E-state index is 0.600. The van der Waals surface area contributed by atoms with Gasteiger partial charge in [-0.25, -0.2) is 4.98 Å². The second kappa shape index (κ2) is 5.05. The van der Waals surface area contributed by atoms with Crippen LogP contribution in [0.1, 0.15) is 24.1 Å². The summed E-state index contributed by atoms with van der Waals surface area (Å²) in [6.07, 6.45) is 4.56. The number of methoxy groups -OCH3 is 1. The van der Waals surface area contributed by atoms with Crippen molar-refractivity contribution >= 4 is 5.95 Å². The molecule has 2 aromatic rings. The lowest BCUT2D eigenvalue weighted by Gasteiger charge is -2.10. The second-order valence-electron chi connectivity index (χ2n) is 5.10. The highest BCUT2D eigenvalue weighted by Crippen LogP contribution is 2.26. The van der Waals surface area contributed by atoms with E-state index in [-0.39, 0.29) is 0 Å². The SMILES string of the molecule is COCc1cccc(-n2cc(C)nc2NC2CC2)c1. The van der Waals surface area contributed by atoms with Gasteiger partial charge in [-0.15, -0.1) is 0 Å². The number of nitrogens with one attached hydrogen (secondary N) is 1. The standard InChI is InChI=1S/C15H19N3O/c1-11-9-18(15(16-11)17-13-6-7-13)14-5-3-4-12(8-14)10-19-2/h3-5,8-9,13H,6-7,10H2,1-2H3,(H,16,17). The molecular formula is C15H19N3O. The van der Waals surface area contributed by atoms with E-state index in [9.17, 15) is 0 Å². The summed E-state index contributed by atoms with van der Waals surface area (Å²) >= 11 is 0. The van der Waals surface area contributed by atoms with Crippen molar-refractivity contribution in [3.63, 3.8) is 0 Å². The molecule has 1 fully saturated rings. The molecule has 0 amide bonds. The number of imidazole rings is 1. The Labute approximate surface area is 113 Å². The van der Waals surface area contributed by atoms with Crippen molar-refractivity contribution < 1.29 is 4.74 Å². The molecule has 1 aliphatic carbocycles. The molecule has 4 heteroatoms. The van der Waals surface area contributed by atoms with Crippen molar-refractivity contribution in [3.8, 4) is 5.69 Å². The Morgan fingerprint density at radius 3 is 3.00 bits per heavy atom. The van der Waals surface area contributed by atoms with E-state index in [1.807, 2.05) is 6.92 Å². The van der Waals surface area contributed by atoms with E-state index in [0.29, 0.717) is 12.6 Å². The Kier molecular flexibility index (Phi) is 3.25. The molecule has 0 aliphatic heterocycles. The number of rotatable bonds is 5. The Bertz CT molecular complexity index is 573. The average molecular weight is 257 g/mol. The number of hydrogen-bond donors (Lipinski definition) is 1. The van der Waals surface area contributed by atoms with Crippen molar-refractivity contribution in [2.24, 2.45) is 0 Å². The topological polar surface area (TPSA) is 39.1 Å². The van der Waals surface area contributed by atoms with E-state index in [1.165, 1.54) is 18.4 Å². The van der Waals surface area contributed by atoms with Crippen LogP contribution in [0.4, 0.5) is 5.95 Å². The van der Waals surface area contributed by atoms with Crippen LogP contribution in [0.2, 0.25) is 0 Å². The van der Waals surface area contributed by atoms with Gasteiger partial charge in [0.05, 0.1) is 12.3 Å². The van der Waals surface area contributed by atoms with Crippen LogP contribution in [0, 0.1) is 6.92 Å². The van der Waals surface area contributed by atoms with Crippen LogP contribution in [0.5, 0.6) is 0 Å². The lowest BCUT2D eigenvalue weighted by atomic mass is 10.2. The van der Waals surface area contributed by atoms with Crippen molar-refractivity contribution in [3.05, 3.63) is 41.7 Å². The molecular weight excluding hydrogens is 238 g/mol. The van der Waals surface area contributed by atoms with Crippen LogP contribution >= 0.6 is 0 Å². The third-order valence-electron chi connectivity index (χ3n) is 3.24. The minimum Gasteiger partial charge on any atom is -0.380 e. The molecule has 1 aromatic carbocycles. The predicted molar refractivity (Wildman–Crippen MR) is 75.7 cm³/mol. The molecule has 0 saturated heterocycles. The number of anilines is 1. The largest absolute Gasteiger partial charge is 0.380 e. The summed E-state index contributed by atoms with van der Waals surface area (Å²) in [5.41, 5.74) is 3.32. The monoisotopic (exact) mass is 257 g/mol. The molecule has 0 atom stereocenters. The fraction of sp³-hybridized carbons (Fsp3) is 0.400. The first-order valence-corrected chi connectivity index (χ1v) is 6.67. The second-order valence-corrected chi connectivity index (χ2v) is 5.10. The number of ether oxygens (including phenoxy) is 1. The normalized spacial score (nSPS) is 14.6. The maximum Gasteiger partial charge on any atom is 0.207 e. The number of benzene rings is 1. The number of aryl methyl sites for hydroxylation is 1. The highest BCUT2D eigenvalue weighted by atomic mass is 16.5. The first-order chi connectivity index (χ1) is 9.26. The third-order valence-corrected chi connectivity index (χ3v) is 3.24. The lowest BCUT2D eigenvalue weighted by molar-refractivity contribution is 0.185. The van der Waals surface area contributed by atoms with E-state index in [2.05, 4.69) is 45.3 Å². The summed E-state index contributed by atoms with van der Waals surface area (Å²) in [5.74, 6) is 0.939. The molecule has 0 spiro atoms. The number of nitrogens with zero attached hydrogens (tertiary/aromatic N) is 2. The van der Waals surface area contributed by atoms with Crippen LogP contribution in [0.15, 0.2) is 30.5 Å². The van der Waals surface area contributed by atoms with Gasteiger partial charge in [-0.3, -0.25) is 4.57 Å². The molecule has 19 heavy (non-hydrogen) atoms. The molecule has 1 aliphatic rings. The van der Waals surface area contributed by atoms with Crippen molar-refractivity contribution in [2.75, 3.05) is 12.4 Å². The van der Waals surface area contributed by atoms with Gasteiger partial charge >= 0.3 is 0 Å². The summed E-state index contributed by atoms with van der Waals surface area (Å²) in [6, 6.07) is 8.97. The van der Waals surface area contributed by atoms with Gasteiger partial charge in [0.15, 0.2) is 0 Å². The molecule has 100 valence electrons. The summed E-state index contributed by atoms with van der Waals surface area (Å²) < 4.78 is 7.31. The van der Waals surface area contributed by atoms with Gasteiger partial charge < -0.3 is 10.1 Å². The first kappa shape index (κ1) is 12.2. The molecule has 1 N–H and O–H groups in total. The van der Waals surface area contributed by atoms with Crippen LogP contribution in [-0.4, -0.2) is 22.7 Å². The predicted octanol–water partition coefficient (Wildman–Crippen LogP) is 2.90. The molecule has 4 nitrogen and oxygen atoms in total. The van der Waals surface area contributed by atoms with Crippen LogP contribution in [0.25, 0.3) is 5.69 Å². The van der Waals surface area contributed by atoms with Crippen molar-refractivity contribution in [1.29, 1.82) is 0 Å². The lowest BCUT2D eigenvalue weighted by Crippen LogP contribution is -2.07. The van der Waals surface area contributed by atoms with E-state index < -0.39 is 0 Å². The van der Waals surface area contributed by atoms with Crippen LogP contribution in [0.3, 0.4) is 0 Å². The van der Waals surface area contributed by atoms with E-state index in [0.717, 1.165) is 17.3 Å². The number of aromatic nitrogens is 2. The van der Waals surface area contributed by atoms with E-state index >= 15 is 0 Å². The molecule has 1 saturated carbocycles. The first-order valence-electron chi connectivity index (χ1n) is 6.67. The zero-order valence-corrected chi connectivity index (χ0v) is 11.4. The summed E-state index contributed by atoms with van der Waals surface area (Å²) in [5, 5.41) is 3.48. The average Bonchev–Trinajstić information content (AvgIpc) is 3.12. The summed E-state index contributed by atoms with van der Waals surface area (Å²) in [4.78, 5) is 4.56. The van der Waals surface area contributed by atoms with Gasteiger partial charge in [-0.2, -0.15) is 0 Å².